The molecule has 0 atom stereocenters. The van der Waals surface area contributed by atoms with Crippen LogP contribution in [0, 0.1) is 5.41 Å². The lowest BCUT2D eigenvalue weighted by Crippen LogP contribution is -2.48. The van der Waals surface area contributed by atoms with Crippen molar-refractivity contribution in [1.82, 2.24) is 15.4 Å². The van der Waals surface area contributed by atoms with Crippen LogP contribution in [-0.2, 0) is 37.5 Å². The van der Waals surface area contributed by atoms with E-state index < -0.39 is 10.0 Å². The molecule has 0 unspecified atom stereocenters. The smallest absolute Gasteiger partial charge is 0.241 e. The molecule has 0 bridgehead atoms. The fourth-order valence-electron chi connectivity index (χ4n) is 3.54. The van der Waals surface area contributed by atoms with Gasteiger partial charge in [0.2, 0.25) is 15.9 Å². The number of fused-ring (bicyclic) bond motifs is 1. The zero-order chi connectivity index (χ0) is 19.3. The third-order valence-corrected chi connectivity index (χ3v) is 6.60. The Morgan fingerprint density at radius 1 is 1.26 bits per heavy atom. The second-order valence-corrected chi connectivity index (χ2v) is 8.97. The quantitative estimate of drug-likeness (QED) is 0.576. The average Bonchev–Trinajstić information content (AvgIpc) is 3.14. The largest absolute Gasteiger partial charge is 0.384 e. The van der Waals surface area contributed by atoms with Crippen LogP contribution in [0.4, 0.5) is 0 Å². The van der Waals surface area contributed by atoms with Gasteiger partial charge in [0.1, 0.15) is 0 Å². The van der Waals surface area contributed by atoms with Crippen molar-refractivity contribution in [1.29, 1.82) is 0 Å². The Balaban J connectivity index is 1.53. The monoisotopic (exact) mass is 397 g/mol. The number of carbonyl (C=O) groups is 1. The van der Waals surface area contributed by atoms with Gasteiger partial charge in [0, 0.05) is 19.1 Å². The van der Waals surface area contributed by atoms with Gasteiger partial charge in [-0.1, -0.05) is 6.07 Å². The molecule has 0 spiro atoms. The molecule has 9 heteroatoms. The van der Waals surface area contributed by atoms with Gasteiger partial charge in [0.25, 0.3) is 0 Å². The molecule has 1 aromatic rings. The minimum absolute atomic E-state index is 0.103. The summed E-state index contributed by atoms with van der Waals surface area (Å²) >= 11 is 0. The molecule has 150 valence electrons. The molecule has 2 aliphatic heterocycles. The summed E-state index contributed by atoms with van der Waals surface area (Å²) < 4.78 is 37.9. The molecule has 0 radical (unpaired) electrons. The van der Waals surface area contributed by atoms with E-state index in [4.69, 9.17) is 9.47 Å². The van der Waals surface area contributed by atoms with Crippen LogP contribution in [0.5, 0.6) is 0 Å². The molecule has 0 aromatic heterocycles. The van der Waals surface area contributed by atoms with Crippen molar-refractivity contribution in [2.24, 2.45) is 5.41 Å². The first-order chi connectivity index (χ1) is 12.9. The van der Waals surface area contributed by atoms with Crippen LogP contribution in [0.1, 0.15) is 24.0 Å². The van der Waals surface area contributed by atoms with E-state index in [9.17, 15) is 13.2 Å². The molecule has 1 aromatic carbocycles. The van der Waals surface area contributed by atoms with Gasteiger partial charge in [-0.25, -0.2) is 13.1 Å². The normalized spacial score (nSPS) is 18.9. The van der Waals surface area contributed by atoms with Crippen LogP contribution < -0.4 is 15.4 Å². The van der Waals surface area contributed by atoms with Gasteiger partial charge in [0.15, 0.2) is 0 Å². The highest BCUT2D eigenvalue weighted by Crippen LogP contribution is 2.28. The van der Waals surface area contributed by atoms with Crippen molar-refractivity contribution in [2.45, 2.75) is 31.0 Å². The minimum Gasteiger partial charge on any atom is -0.384 e. The molecular weight excluding hydrogens is 370 g/mol. The number of piperidine rings is 1. The summed E-state index contributed by atoms with van der Waals surface area (Å²) in [5.41, 5.74) is 1.76. The predicted octanol–water partition coefficient (Wildman–Crippen LogP) is 0.128. The maximum Gasteiger partial charge on any atom is 0.241 e. The summed E-state index contributed by atoms with van der Waals surface area (Å²) in [6.45, 7) is 3.43. The fourth-order valence-corrected chi connectivity index (χ4v) is 4.58. The van der Waals surface area contributed by atoms with E-state index in [1.54, 1.807) is 19.2 Å². The topological polar surface area (TPSA) is 106 Å². The van der Waals surface area contributed by atoms with Crippen molar-refractivity contribution in [2.75, 3.05) is 39.9 Å². The number of methoxy groups -OCH3 is 1. The Morgan fingerprint density at radius 2 is 2.00 bits per heavy atom. The predicted molar refractivity (Wildman–Crippen MR) is 99.5 cm³/mol. The van der Waals surface area contributed by atoms with Crippen LogP contribution in [0.3, 0.4) is 0 Å². The van der Waals surface area contributed by atoms with Crippen molar-refractivity contribution < 1.29 is 22.7 Å². The van der Waals surface area contributed by atoms with Crippen LogP contribution in [0.15, 0.2) is 23.1 Å². The van der Waals surface area contributed by atoms with Crippen LogP contribution in [0.2, 0.25) is 0 Å². The first-order valence-electron chi connectivity index (χ1n) is 9.10. The summed E-state index contributed by atoms with van der Waals surface area (Å²) in [5, 5.41) is 6.15. The molecule has 1 saturated heterocycles. The van der Waals surface area contributed by atoms with E-state index in [0.717, 1.165) is 37.1 Å². The lowest BCUT2D eigenvalue weighted by molar-refractivity contribution is -0.120. The van der Waals surface area contributed by atoms with Crippen LogP contribution >= 0.6 is 0 Å². The number of nitrogens with one attached hydrogen (secondary N) is 3. The van der Waals surface area contributed by atoms with E-state index in [1.807, 2.05) is 0 Å². The van der Waals surface area contributed by atoms with E-state index in [0.29, 0.717) is 26.4 Å². The van der Waals surface area contributed by atoms with E-state index in [-0.39, 0.29) is 22.8 Å². The highest BCUT2D eigenvalue weighted by atomic mass is 32.2. The summed E-state index contributed by atoms with van der Waals surface area (Å²) in [7, 11) is -2.09. The maximum atomic E-state index is 12.4. The van der Waals surface area contributed by atoms with Gasteiger partial charge in [-0.15, -0.1) is 0 Å². The minimum atomic E-state index is -3.75. The number of benzene rings is 1. The van der Waals surface area contributed by atoms with Gasteiger partial charge in [-0.3, -0.25) is 4.79 Å². The first kappa shape index (κ1) is 20.2. The Kier molecular flexibility index (Phi) is 6.48. The van der Waals surface area contributed by atoms with Crippen LogP contribution in [0.25, 0.3) is 0 Å². The lowest BCUT2D eigenvalue weighted by atomic mass is 9.79. The molecule has 3 N–H and O–H groups in total. The molecule has 1 fully saturated rings. The number of sulfonamides is 1. The second-order valence-electron chi connectivity index (χ2n) is 7.21. The zero-order valence-corrected chi connectivity index (χ0v) is 16.4. The molecule has 27 heavy (non-hydrogen) atoms. The number of amides is 1. The standard InChI is InChI=1S/C18H27N3O5S/c1-25-13-18(4-6-19-7-5-18)12-20-17(22)9-21-27(23,24)16-3-2-14-10-26-11-15(14)8-16/h2-3,8,19,21H,4-7,9-13H2,1H3,(H,20,22). The van der Waals surface area contributed by atoms with Crippen molar-refractivity contribution in [3.63, 3.8) is 0 Å². The fraction of sp³-hybridized carbons (Fsp3) is 0.611. The number of hydrogen-bond donors (Lipinski definition) is 3. The Hall–Kier alpha value is -1.52. The molecule has 0 saturated carbocycles. The molecule has 3 rings (SSSR count). The third-order valence-electron chi connectivity index (χ3n) is 5.20. The average molecular weight is 397 g/mol. The molecule has 2 aliphatic rings. The number of ether oxygens (including phenoxy) is 2. The lowest BCUT2D eigenvalue weighted by Gasteiger charge is -2.37. The van der Waals surface area contributed by atoms with Crippen molar-refractivity contribution >= 4 is 15.9 Å². The number of rotatable bonds is 8. The summed E-state index contributed by atoms with van der Waals surface area (Å²) in [6, 6.07) is 4.89. The highest BCUT2D eigenvalue weighted by molar-refractivity contribution is 7.89. The molecule has 8 nitrogen and oxygen atoms in total. The van der Waals surface area contributed by atoms with Crippen molar-refractivity contribution in [3.8, 4) is 0 Å². The van der Waals surface area contributed by atoms with E-state index in [2.05, 4.69) is 15.4 Å². The zero-order valence-electron chi connectivity index (χ0n) is 15.5. The second kappa shape index (κ2) is 8.66. The Bertz CT molecular complexity index is 770. The summed E-state index contributed by atoms with van der Waals surface area (Å²) in [5.74, 6) is -0.350. The van der Waals surface area contributed by atoms with Gasteiger partial charge in [-0.05, 0) is 49.2 Å². The third kappa shape index (κ3) is 5.05. The Labute approximate surface area is 160 Å². The molecule has 0 aliphatic carbocycles. The van der Waals surface area contributed by atoms with Crippen LogP contribution in [-0.4, -0.2) is 54.2 Å². The highest BCUT2D eigenvalue weighted by Gasteiger charge is 2.32. The van der Waals surface area contributed by atoms with Gasteiger partial charge in [-0.2, -0.15) is 0 Å². The van der Waals surface area contributed by atoms with E-state index in [1.165, 1.54) is 6.07 Å². The SMILES string of the molecule is COCC1(CNC(=O)CNS(=O)(=O)c2ccc3c(c2)COC3)CCNCC1. The summed E-state index contributed by atoms with van der Waals surface area (Å²) in [6.07, 6.45) is 1.81. The maximum absolute atomic E-state index is 12.4. The Morgan fingerprint density at radius 3 is 2.74 bits per heavy atom. The van der Waals surface area contributed by atoms with Gasteiger partial charge >= 0.3 is 0 Å². The summed E-state index contributed by atoms with van der Waals surface area (Å²) in [4.78, 5) is 12.3. The molecular formula is C18H27N3O5S. The number of carbonyl (C=O) groups excluding carboxylic acids is 1. The molecule has 1 amide bonds. The number of hydrogen-bond acceptors (Lipinski definition) is 6. The van der Waals surface area contributed by atoms with Crippen molar-refractivity contribution in [3.05, 3.63) is 29.3 Å². The van der Waals surface area contributed by atoms with Gasteiger partial charge in [0.05, 0.1) is 31.3 Å². The van der Waals surface area contributed by atoms with E-state index >= 15 is 0 Å². The molecule has 2 heterocycles. The first-order valence-corrected chi connectivity index (χ1v) is 10.6. The van der Waals surface area contributed by atoms with Gasteiger partial charge < -0.3 is 20.1 Å².